The first kappa shape index (κ1) is 26.3. The molecule has 2 fully saturated rings. The van der Waals surface area contributed by atoms with E-state index in [9.17, 15) is 32.3 Å². The molecule has 2 aromatic rings. The number of carbonyl (C=O) groups is 2. The zero-order valence-electron chi connectivity index (χ0n) is 19.9. The highest BCUT2D eigenvalue weighted by Crippen LogP contribution is 2.38. The Kier molecular flexibility index (Phi) is 7.35. The molecule has 2 amide bonds. The number of benzene rings is 2. The second-order valence-corrected chi connectivity index (χ2v) is 8.92. The summed E-state index contributed by atoms with van der Waals surface area (Å²) in [6, 6.07) is 7.74. The van der Waals surface area contributed by atoms with Crippen LogP contribution in [0.2, 0.25) is 0 Å². The van der Waals surface area contributed by atoms with Crippen LogP contribution >= 0.6 is 0 Å². The van der Waals surface area contributed by atoms with Gasteiger partial charge in [0.05, 0.1) is 18.2 Å². The van der Waals surface area contributed by atoms with Gasteiger partial charge in [-0.1, -0.05) is 18.2 Å². The topological polar surface area (TPSA) is 108 Å². The number of halogens is 4. The quantitative estimate of drug-likeness (QED) is 0.510. The van der Waals surface area contributed by atoms with Crippen LogP contribution < -0.4 is 11.1 Å². The van der Waals surface area contributed by atoms with Crippen LogP contribution in [0.25, 0.3) is 0 Å². The average Bonchev–Trinajstić information content (AvgIpc) is 3.69. The summed E-state index contributed by atoms with van der Waals surface area (Å²) in [7, 11) is 0. The van der Waals surface area contributed by atoms with Gasteiger partial charge in [-0.2, -0.15) is 13.2 Å². The van der Waals surface area contributed by atoms with Crippen molar-refractivity contribution >= 4 is 17.6 Å². The molecular weight excluding hydrogens is 492 g/mol. The van der Waals surface area contributed by atoms with Crippen molar-refractivity contribution in [1.29, 1.82) is 0 Å². The van der Waals surface area contributed by atoms with Gasteiger partial charge in [0.2, 0.25) is 0 Å². The summed E-state index contributed by atoms with van der Waals surface area (Å²) in [5.74, 6) is -2.70. The van der Waals surface area contributed by atoms with Gasteiger partial charge in [0, 0.05) is 29.3 Å². The number of amidine groups is 1. The molecule has 1 aliphatic carbocycles. The predicted octanol–water partition coefficient (Wildman–Crippen LogP) is 3.35. The minimum atomic E-state index is -4.66. The number of likely N-dealkylation sites (N-methyl/N-ethyl adjacent to an activating group) is 1. The summed E-state index contributed by atoms with van der Waals surface area (Å²) in [6.07, 6.45) is -3.02. The summed E-state index contributed by atoms with van der Waals surface area (Å²) in [4.78, 5) is 32.9. The van der Waals surface area contributed by atoms with Crippen LogP contribution in [0.15, 0.2) is 64.8 Å². The number of aliphatic hydroxyl groups excluding tert-OH is 1. The Morgan fingerprint density at radius 3 is 2.43 bits per heavy atom. The molecule has 4 N–H and O–H groups in total. The molecular formula is C26H26F4N4O3. The smallest absolute Gasteiger partial charge is 0.400 e. The summed E-state index contributed by atoms with van der Waals surface area (Å²) in [6.45, 7) is 1.30. The Morgan fingerprint density at radius 2 is 1.86 bits per heavy atom. The second-order valence-electron chi connectivity index (χ2n) is 8.92. The highest BCUT2D eigenvalue weighted by Gasteiger charge is 2.46. The number of carbonyl (C=O) groups excluding carboxylic acids is 2. The fraction of sp³-hybridized carbons (Fsp3) is 0.346. The van der Waals surface area contributed by atoms with Crippen molar-refractivity contribution in [3.63, 3.8) is 0 Å². The number of nitrogens with zero attached hydrogens (tertiary/aromatic N) is 2. The van der Waals surface area contributed by atoms with E-state index in [-0.39, 0.29) is 29.7 Å². The highest BCUT2D eigenvalue weighted by molar-refractivity contribution is 6.15. The maximum absolute atomic E-state index is 13.8. The maximum atomic E-state index is 13.8. The number of piperidine rings is 1. The number of nitrogens with one attached hydrogen (secondary N) is 1. The maximum Gasteiger partial charge on any atom is 0.416 e. The van der Waals surface area contributed by atoms with E-state index in [1.165, 1.54) is 35.2 Å². The summed E-state index contributed by atoms with van der Waals surface area (Å²) in [5.41, 5.74) is 5.65. The molecule has 2 aromatic carbocycles. The van der Waals surface area contributed by atoms with Crippen molar-refractivity contribution in [1.82, 2.24) is 10.2 Å². The zero-order valence-corrected chi connectivity index (χ0v) is 19.9. The van der Waals surface area contributed by atoms with E-state index in [1.807, 2.05) is 0 Å². The molecule has 37 heavy (non-hydrogen) atoms. The van der Waals surface area contributed by atoms with Crippen LogP contribution in [0.3, 0.4) is 0 Å². The number of hydrogen-bond donors (Lipinski definition) is 3. The van der Waals surface area contributed by atoms with E-state index >= 15 is 0 Å². The lowest BCUT2D eigenvalue weighted by molar-refractivity contribution is -0.137. The standard InChI is InChI=1S/C26H26F4N4O3/c1-2-34-23(32-18-10-11-18)21(19(31)13-35)20(14-6-8-17(27)9-7-14)22(25(34)37)33-24(36)15-4-3-5-16(12-15)26(28,29)30/h3-9,12,18,20,22,35H,2,10-11,13,31H2,1H3,(H,33,36)/b21-19-,32-23?. The van der Waals surface area contributed by atoms with Crippen molar-refractivity contribution in [3.8, 4) is 0 Å². The van der Waals surface area contributed by atoms with Crippen molar-refractivity contribution in [3.05, 3.63) is 82.3 Å². The molecule has 1 heterocycles. The van der Waals surface area contributed by atoms with Gasteiger partial charge < -0.3 is 16.2 Å². The Morgan fingerprint density at radius 1 is 1.19 bits per heavy atom. The normalized spacial score (nSPS) is 22.8. The molecule has 7 nitrogen and oxygen atoms in total. The number of likely N-dealkylation sites (tertiary alicyclic amines) is 1. The zero-order chi connectivity index (χ0) is 26.9. The fourth-order valence-electron chi connectivity index (χ4n) is 4.35. The number of aliphatic imine (C=N–C) groups is 1. The molecule has 0 spiro atoms. The molecule has 4 rings (SSSR count). The van der Waals surface area contributed by atoms with Gasteiger partial charge in [0.15, 0.2) is 0 Å². The van der Waals surface area contributed by atoms with Crippen LogP contribution in [-0.4, -0.2) is 52.9 Å². The third kappa shape index (κ3) is 5.51. The lowest BCUT2D eigenvalue weighted by atomic mass is 9.78. The molecule has 1 aliphatic heterocycles. The number of amides is 2. The first-order valence-electron chi connectivity index (χ1n) is 11.8. The minimum absolute atomic E-state index is 0.0120. The van der Waals surface area contributed by atoms with E-state index in [2.05, 4.69) is 10.3 Å². The lowest BCUT2D eigenvalue weighted by Crippen LogP contribution is -2.59. The fourth-order valence-corrected chi connectivity index (χ4v) is 4.35. The Bertz CT molecular complexity index is 1250. The molecule has 2 atom stereocenters. The van der Waals surface area contributed by atoms with E-state index in [0.717, 1.165) is 25.0 Å². The predicted molar refractivity (Wildman–Crippen MR) is 128 cm³/mol. The van der Waals surface area contributed by atoms with Crippen molar-refractivity contribution in [2.45, 2.75) is 43.9 Å². The number of rotatable bonds is 6. The van der Waals surface area contributed by atoms with Gasteiger partial charge in [-0.15, -0.1) is 0 Å². The monoisotopic (exact) mass is 518 g/mol. The molecule has 11 heteroatoms. The third-order valence-corrected chi connectivity index (χ3v) is 6.33. The Balaban J connectivity index is 1.83. The van der Waals surface area contributed by atoms with Crippen molar-refractivity contribution in [2.75, 3.05) is 13.2 Å². The van der Waals surface area contributed by atoms with Gasteiger partial charge >= 0.3 is 6.18 Å². The van der Waals surface area contributed by atoms with E-state index in [0.29, 0.717) is 17.2 Å². The van der Waals surface area contributed by atoms with Crippen LogP contribution in [0.4, 0.5) is 17.6 Å². The minimum Gasteiger partial charge on any atom is -0.400 e. The highest BCUT2D eigenvalue weighted by atomic mass is 19.4. The van der Waals surface area contributed by atoms with Crippen LogP contribution in [-0.2, 0) is 11.0 Å². The number of nitrogens with two attached hydrogens (primary N) is 1. The Hall–Kier alpha value is -3.73. The van der Waals surface area contributed by atoms with Crippen LogP contribution in [0, 0.1) is 5.82 Å². The SMILES string of the molecule is CCN1C(=O)C(NC(=O)c2cccc(C(F)(F)F)c2)C(c2ccc(F)cc2)/C(=C(/N)CO)C1=NC1CC1. The first-order chi connectivity index (χ1) is 17.5. The summed E-state index contributed by atoms with van der Waals surface area (Å²) < 4.78 is 53.4. The molecule has 1 saturated heterocycles. The molecule has 0 bridgehead atoms. The largest absolute Gasteiger partial charge is 0.416 e. The number of alkyl halides is 3. The van der Waals surface area contributed by atoms with Gasteiger partial charge in [-0.3, -0.25) is 19.5 Å². The summed E-state index contributed by atoms with van der Waals surface area (Å²) in [5, 5.41) is 12.5. The number of aliphatic hydroxyl groups is 1. The molecule has 1 saturated carbocycles. The molecule has 0 aromatic heterocycles. The van der Waals surface area contributed by atoms with Crippen LogP contribution in [0.1, 0.15) is 47.2 Å². The molecule has 0 radical (unpaired) electrons. The van der Waals surface area contributed by atoms with E-state index < -0.39 is 47.9 Å². The molecule has 2 unspecified atom stereocenters. The summed E-state index contributed by atoms with van der Waals surface area (Å²) >= 11 is 0. The second kappa shape index (κ2) is 10.3. The Labute approximate surface area is 210 Å². The number of hydrogen-bond acceptors (Lipinski definition) is 5. The van der Waals surface area contributed by atoms with Crippen molar-refractivity contribution < 1.29 is 32.3 Å². The van der Waals surface area contributed by atoms with Crippen LogP contribution in [0.5, 0.6) is 0 Å². The third-order valence-electron chi connectivity index (χ3n) is 6.33. The lowest BCUT2D eigenvalue weighted by Gasteiger charge is -2.41. The molecule has 2 aliphatic rings. The van der Waals surface area contributed by atoms with Gasteiger partial charge in [0.25, 0.3) is 11.8 Å². The first-order valence-corrected chi connectivity index (χ1v) is 11.8. The van der Waals surface area contributed by atoms with E-state index in [4.69, 9.17) is 5.73 Å². The van der Waals surface area contributed by atoms with Crippen molar-refractivity contribution in [2.24, 2.45) is 10.7 Å². The van der Waals surface area contributed by atoms with Gasteiger partial charge in [-0.05, 0) is 55.7 Å². The van der Waals surface area contributed by atoms with Gasteiger partial charge in [-0.25, -0.2) is 4.39 Å². The van der Waals surface area contributed by atoms with Gasteiger partial charge in [0.1, 0.15) is 17.7 Å². The van der Waals surface area contributed by atoms with E-state index in [1.54, 1.807) is 6.92 Å². The average molecular weight is 519 g/mol. The molecule has 196 valence electrons.